The van der Waals surface area contributed by atoms with Gasteiger partial charge in [-0.2, -0.15) is 0 Å². The van der Waals surface area contributed by atoms with Crippen molar-refractivity contribution in [2.75, 3.05) is 0 Å². The summed E-state index contributed by atoms with van der Waals surface area (Å²) in [7, 11) is -3.01. The maximum Gasteiger partial charge on any atom is 0.188 e. The number of fused-ring (bicyclic) bond motifs is 8. The number of ether oxygens (including phenoxy) is 1. The minimum absolute atomic E-state index is 0.904. The maximum atomic E-state index is 7.05. The molecule has 4 heteroatoms. The molecular weight excluding hydrogens is 721 g/mol. The van der Waals surface area contributed by atoms with Crippen LogP contribution in [0.5, 0.6) is 11.5 Å². The molecule has 0 spiro atoms. The zero-order valence-corrected chi connectivity index (χ0v) is 32.6. The van der Waals surface area contributed by atoms with Crippen molar-refractivity contribution < 1.29 is 4.74 Å². The van der Waals surface area contributed by atoms with Gasteiger partial charge in [0.1, 0.15) is 11.5 Å². The summed E-state index contributed by atoms with van der Waals surface area (Å²) in [6, 6.07) is 80.0. The second-order valence-corrected chi connectivity index (χ2v) is 19.0. The molecule has 1 atom stereocenters. The van der Waals surface area contributed by atoms with E-state index >= 15 is 0 Å². The van der Waals surface area contributed by atoms with Crippen LogP contribution in [0.25, 0.3) is 66.1 Å². The highest BCUT2D eigenvalue weighted by atomic mass is 28.3. The molecule has 272 valence electrons. The third-order valence-corrected chi connectivity index (χ3v) is 17.1. The monoisotopic (exact) mass is 756 g/mol. The minimum Gasteiger partial charge on any atom is -0.457 e. The molecule has 9 aromatic carbocycles. The molecular formula is C54H36N2OSi. The van der Waals surface area contributed by atoms with Gasteiger partial charge in [-0.3, -0.25) is 0 Å². The first-order valence-corrected chi connectivity index (χ1v) is 21.9. The maximum absolute atomic E-state index is 7.05. The molecule has 0 radical (unpaired) electrons. The zero-order chi connectivity index (χ0) is 38.2. The SMILES string of the molecule is c1ccc(-c2cccc([Si]3(c4ccc(-n5c6ccccc6c6ccccc65)cc4)c4ccccc4Oc4cc(-n5c6ccccc6c6ccccc65)ccc43)c2)cc1. The van der Waals surface area contributed by atoms with Crippen LogP contribution < -0.4 is 25.5 Å². The Labute approximate surface area is 337 Å². The fraction of sp³-hybridized carbons (Fsp3) is 0. The Morgan fingerprint density at radius 3 is 1.41 bits per heavy atom. The van der Waals surface area contributed by atoms with Crippen LogP contribution in [0, 0.1) is 0 Å². The van der Waals surface area contributed by atoms with Gasteiger partial charge in [0.05, 0.1) is 22.1 Å². The lowest BCUT2D eigenvalue weighted by Gasteiger charge is -2.40. The number of para-hydroxylation sites is 5. The van der Waals surface area contributed by atoms with Crippen LogP contribution in [0.1, 0.15) is 0 Å². The summed E-state index contributed by atoms with van der Waals surface area (Å²) in [5.41, 5.74) is 9.41. The van der Waals surface area contributed by atoms with Crippen molar-refractivity contribution in [1.29, 1.82) is 0 Å². The summed E-state index contributed by atoms with van der Waals surface area (Å²) < 4.78 is 11.8. The van der Waals surface area contributed by atoms with Crippen molar-refractivity contribution in [2.24, 2.45) is 0 Å². The largest absolute Gasteiger partial charge is 0.457 e. The Morgan fingerprint density at radius 1 is 0.310 bits per heavy atom. The second-order valence-electron chi connectivity index (χ2n) is 15.3. The zero-order valence-electron chi connectivity index (χ0n) is 31.6. The van der Waals surface area contributed by atoms with Crippen LogP contribution in [0.2, 0.25) is 0 Å². The van der Waals surface area contributed by atoms with E-state index in [1.54, 1.807) is 0 Å². The predicted octanol–water partition coefficient (Wildman–Crippen LogP) is 11.0. The van der Waals surface area contributed by atoms with Crippen molar-refractivity contribution in [2.45, 2.75) is 0 Å². The van der Waals surface area contributed by atoms with Crippen molar-refractivity contribution in [3.63, 3.8) is 0 Å². The van der Waals surface area contributed by atoms with Crippen molar-refractivity contribution in [1.82, 2.24) is 9.13 Å². The number of hydrogen-bond donors (Lipinski definition) is 0. The van der Waals surface area contributed by atoms with E-state index < -0.39 is 8.07 Å². The van der Waals surface area contributed by atoms with Gasteiger partial charge in [0.2, 0.25) is 0 Å². The molecule has 11 aromatic rings. The molecule has 0 saturated carbocycles. The van der Waals surface area contributed by atoms with Gasteiger partial charge in [-0.1, -0.05) is 164 Å². The topological polar surface area (TPSA) is 19.1 Å². The minimum atomic E-state index is -3.01. The standard InChI is InChI=1S/C54H36N2OSi/c1-2-15-37(16-3-1)38-17-14-18-42(35-38)58(41-32-29-39(30-33-41)55-47-23-8-4-19-43(47)44-20-5-9-24-48(44)55)53-28-13-12-27-51(53)57-52-36-40(31-34-54(52)58)56-49-25-10-6-21-45(49)46-22-7-11-26-50(46)56/h1-36H. The van der Waals surface area contributed by atoms with Crippen LogP contribution in [0.3, 0.4) is 0 Å². The molecule has 0 saturated heterocycles. The fourth-order valence-corrected chi connectivity index (χ4v) is 14.7. The Bertz CT molecular complexity index is 3270. The van der Waals surface area contributed by atoms with E-state index in [1.807, 2.05) is 0 Å². The van der Waals surface area contributed by atoms with Crippen molar-refractivity contribution in [3.05, 3.63) is 218 Å². The number of benzene rings is 9. The second kappa shape index (κ2) is 12.8. The lowest BCUT2D eigenvalue weighted by molar-refractivity contribution is 0.487. The molecule has 58 heavy (non-hydrogen) atoms. The normalized spacial score (nSPS) is 14.8. The molecule has 1 unspecified atom stereocenters. The molecule has 0 fully saturated rings. The van der Waals surface area contributed by atoms with Gasteiger partial charge in [0.25, 0.3) is 0 Å². The lowest BCUT2D eigenvalue weighted by Crippen LogP contribution is -2.76. The third kappa shape index (κ3) is 4.73. The first-order valence-electron chi connectivity index (χ1n) is 19.9. The summed E-state index contributed by atoms with van der Waals surface area (Å²) in [5, 5.41) is 10.1. The molecule has 0 amide bonds. The molecule has 0 bridgehead atoms. The Balaban J connectivity index is 1.13. The number of rotatable bonds is 5. The van der Waals surface area contributed by atoms with E-state index in [4.69, 9.17) is 4.74 Å². The van der Waals surface area contributed by atoms with Crippen molar-refractivity contribution in [3.8, 4) is 34.0 Å². The highest BCUT2D eigenvalue weighted by Gasteiger charge is 2.48. The van der Waals surface area contributed by atoms with Crippen LogP contribution in [0.15, 0.2) is 218 Å². The number of aromatic nitrogens is 2. The van der Waals surface area contributed by atoms with E-state index in [-0.39, 0.29) is 0 Å². The first-order chi connectivity index (χ1) is 28.8. The molecule has 0 N–H and O–H groups in total. The fourth-order valence-electron chi connectivity index (χ4n) is 9.79. The van der Waals surface area contributed by atoms with E-state index in [1.165, 1.54) is 75.5 Å². The summed E-state index contributed by atoms with van der Waals surface area (Å²) in [6.45, 7) is 0. The van der Waals surface area contributed by atoms with Gasteiger partial charge < -0.3 is 13.9 Å². The van der Waals surface area contributed by atoms with Crippen LogP contribution in [0.4, 0.5) is 0 Å². The summed E-state index contributed by atoms with van der Waals surface area (Å²) >= 11 is 0. The van der Waals surface area contributed by atoms with Crippen LogP contribution >= 0.6 is 0 Å². The van der Waals surface area contributed by atoms with Crippen LogP contribution in [-0.4, -0.2) is 17.2 Å². The molecule has 3 nitrogen and oxygen atoms in total. The van der Waals surface area contributed by atoms with Gasteiger partial charge in [-0.05, 0) is 80.4 Å². The highest BCUT2D eigenvalue weighted by molar-refractivity contribution is 7.20. The molecule has 12 rings (SSSR count). The lowest BCUT2D eigenvalue weighted by atomic mass is 10.1. The van der Waals surface area contributed by atoms with Gasteiger partial charge in [0, 0.05) is 39.0 Å². The predicted molar refractivity (Wildman–Crippen MR) is 244 cm³/mol. The third-order valence-electron chi connectivity index (χ3n) is 12.3. The van der Waals surface area contributed by atoms with Gasteiger partial charge in [-0.25, -0.2) is 0 Å². The average molecular weight is 757 g/mol. The quantitative estimate of drug-likeness (QED) is 0.160. The molecule has 2 aromatic heterocycles. The number of nitrogens with zero attached hydrogens (tertiary/aromatic N) is 2. The van der Waals surface area contributed by atoms with E-state index in [9.17, 15) is 0 Å². The summed E-state index contributed by atoms with van der Waals surface area (Å²) in [5.74, 6) is 1.82. The van der Waals surface area contributed by atoms with E-state index in [2.05, 4.69) is 228 Å². The molecule has 1 aliphatic rings. The van der Waals surface area contributed by atoms with Crippen molar-refractivity contribution >= 4 is 72.4 Å². The van der Waals surface area contributed by atoms with E-state index in [0.717, 1.165) is 22.9 Å². The smallest absolute Gasteiger partial charge is 0.188 e. The molecule has 0 aliphatic carbocycles. The highest BCUT2D eigenvalue weighted by Crippen LogP contribution is 2.37. The Morgan fingerprint density at radius 2 is 0.793 bits per heavy atom. The first kappa shape index (κ1) is 32.8. The van der Waals surface area contributed by atoms with Gasteiger partial charge >= 0.3 is 0 Å². The summed E-state index contributed by atoms with van der Waals surface area (Å²) in [4.78, 5) is 0. The number of hydrogen-bond acceptors (Lipinski definition) is 1. The molecule has 3 heterocycles. The van der Waals surface area contributed by atoms with Gasteiger partial charge in [-0.15, -0.1) is 0 Å². The molecule has 1 aliphatic heterocycles. The van der Waals surface area contributed by atoms with Crippen LogP contribution in [-0.2, 0) is 0 Å². The Hall–Kier alpha value is -7.40. The summed E-state index contributed by atoms with van der Waals surface area (Å²) in [6.07, 6.45) is 0. The van der Waals surface area contributed by atoms with E-state index in [0.29, 0.717) is 0 Å². The van der Waals surface area contributed by atoms with Gasteiger partial charge in [0.15, 0.2) is 8.07 Å². The Kier molecular flexibility index (Phi) is 7.25. The average Bonchev–Trinajstić information content (AvgIpc) is 3.82.